The third kappa shape index (κ3) is 4.35. The van der Waals surface area contributed by atoms with Crippen molar-refractivity contribution in [3.8, 4) is 0 Å². The largest absolute Gasteiger partial charge is 0.366 e. The molecule has 0 atom stereocenters. The van der Waals surface area contributed by atoms with Crippen LogP contribution in [0, 0.1) is 0 Å². The van der Waals surface area contributed by atoms with Gasteiger partial charge in [0.2, 0.25) is 0 Å². The van der Waals surface area contributed by atoms with Gasteiger partial charge in [-0.05, 0) is 42.4 Å². The van der Waals surface area contributed by atoms with E-state index < -0.39 is 0 Å². The zero-order valence-corrected chi connectivity index (χ0v) is 14.3. The van der Waals surface area contributed by atoms with Gasteiger partial charge >= 0.3 is 0 Å². The molecule has 0 spiro atoms. The SMILES string of the molecule is CCN(CC)CCN1CC(CN)=CC=C1c1ccc(Cl)cc1. The topological polar surface area (TPSA) is 32.5 Å². The van der Waals surface area contributed by atoms with Crippen molar-refractivity contribution in [2.75, 3.05) is 39.3 Å². The maximum Gasteiger partial charge on any atom is 0.0443 e. The van der Waals surface area contributed by atoms with Crippen LogP contribution in [0.15, 0.2) is 42.0 Å². The van der Waals surface area contributed by atoms with E-state index in [0.717, 1.165) is 37.7 Å². The van der Waals surface area contributed by atoms with Crippen molar-refractivity contribution in [3.63, 3.8) is 0 Å². The number of allylic oxidation sites excluding steroid dienone is 2. The molecule has 0 aromatic heterocycles. The third-order valence-electron chi connectivity index (χ3n) is 4.19. The minimum atomic E-state index is 0.617. The van der Waals surface area contributed by atoms with E-state index in [1.54, 1.807) is 0 Å². The van der Waals surface area contributed by atoms with Gasteiger partial charge < -0.3 is 15.5 Å². The van der Waals surface area contributed by atoms with Crippen LogP contribution >= 0.6 is 11.6 Å². The van der Waals surface area contributed by atoms with Gasteiger partial charge in [0.25, 0.3) is 0 Å². The lowest BCUT2D eigenvalue weighted by Crippen LogP contribution is -2.37. The first kappa shape index (κ1) is 17.1. The highest BCUT2D eigenvalue weighted by molar-refractivity contribution is 6.30. The fourth-order valence-corrected chi connectivity index (χ4v) is 2.84. The Morgan fingerprint density at radius 1 is 1.14 bits per heavy atom. The van der Waals surface area contributed by atoms with Gasteiger partial charge in [-0.1, -0.05) is 43.7 Å². The van der Waals surface area contributed by atoms with Crippen molar-refractivity contribution in [1.29, 1.82) is 0 Å². The van der Waals surface area contributed by atoms with Gasteiger partial charge in [0.15, 0.2) is 0 Å². The smallest absolute Gasteiger partial charge is 0.0443 e. The Hall–Kier alpha value is -1.29. The predicted octanol–water partition coefficient (Wildman–Crippen LogP) is 3.22. The van der Waals surface area contributed by atoms with Gasteiger partial charge in [-0.3, -0.25) is 0 Å². The number of rotatable bonds is 7. The van der Waals surface area contributed by atoms with Gasteiger partial charge in [-0.2, -0.15) is 0 Å². The molecule has 0 aliphatic carbocycles. The summed E-state index contributed by atoms with van der Waals surface area (Å²) < 4.78 is 0. The summed E-state index contributed by atoms with van der Waals surface area (Å²) >= 11 is 6.00. The normalized spacial score (nSPS) is 15.0. The van der Waals surface area contributed by atoms with E-state index in [9.17, 15) is 0 Å². The van der Waals surface area contributed by atoms with E-state index in [1.807, 2.05) is 12.1 Å². The molecule has 0 saturated carbocycles. The first-order chi connectivity index (χ1) is 10.7. The highest BCUT2D eigenvalue weighted by Crippen LogP contribution is 2.25. The van der Waals surface area contributed by atoms with Crippen LogP contribution in [-0.4, -0.2) is 49.1 Å². The number of likely N-dealkylation sites (N-methyl/N-ethyl adjacent to an activating group) is 1. The molecule has 0 bridgehead atoms. The summed E-state index contributed by atoms with van der Waals surface area (Å²) in [4.78, 5) is 4.86. The van der Waals surface area contributed by atoms with Crippen LogP contribution in [-0.2, 0) is 0 Å². The molecule has 1 aliphatic heterocycles. The molecule has 0 fully saturated rings. The molecular weight excluding hydrogens is 294 g/mol. The maximum atomic E-state index is 6.00. The second-order valence-electron chi connectivity index (χ2n) is 5.54. The first-order valence-corrected chi connectivity index (χ1v) is 8.38. The Balaban J connectivity index is 2.16. The van der Waals surface area contributed by atoms with Crippen molar-refractivity contribution in [2.45, 2.75) is 13.8 Å². The summed E-state index contributed by atoms with van der Waals surface area (Å²) in [6.07, 6.45) is 4.33. The number of nitrogens with two attached hydrogens (primary N) is 1. The monoisotopic (exact) mass is 319 g/mol. The van der Waals surface area contributed by atoms with Gasteiger partial charge in [-0.15, -0.1) is 0 Å². The summed E-state index contributed by atoms with van der Waals surface area (Å²) in [5.41, 5.74) is 9.56. The summed E-state index contributed by atoms with van der Waals surface area (Å²) in [6, 6.07) is 8.06. The number of nitrogens with zero attached hydrogens (tertiary/aromatic N) is 2. The molecule has 0 unspecified atom stereocenters. The number of hydrogen-bond acceptors (Lipinski definition) is 3. The van der Waals surface area contributed by atoms with Gasteiger partial charge in [-0.25, -0.2) is 0 Å². The fraction of sp³-hybridized carbons (Fsp3) is 0.444. The minimum Gasteiger partial charge on any atom is -0.366 e. The Bertz CT molecular complexity index is 530. The zero-order valence-electron chi connectivity index (χ0n) is 13.6. The molecular formula is C18H26ClN3. The first-order valence-electron chi connectivity index (χ1n) is 8.01. The van der Waals surface area contributed by atoms with Crippen LogP contribution < -0.4 is 5.73 Å². The second kappa shape index (κ2) is 8.37. The maximum absolute atomic E-state index is 6.00. The average molecular weight is 320 g/mol. The highest BCUT2D eigenvalue weighted by Gasteiger charge is 2.17. The van der Waals surface area contributed by atoms with Crippen LogP contribution in [0.5, 0.6) is 0 Å². The van der Waals surface area contributed by atoms with Crippen molar-refractivity contribution in [1.82, 2.24) is 9.80 Å². The van der Waals surface area contributed by atoms with E-state index in [-0.39, 0.29) is 0 Å². The molecule has 1 heterocycles. The second-order valence-corrected chi connectivity index (χ2v) is 5.97. The van der Waals surface area contributed by atoms with E-state index >= 15 is 0 Å². The van der Waals surface area contributed by atoms with Crippen molar-refractivity contribution in [2.24, 2.45) is 5.73 Å². The van der Waals surface area contributed by atoms with Gasteiger partial charge in [0, 0.05) is 36.9 Å². The lowest BCUT2D eigenvalue weighted by molar-refractivity contribution is 0.267. The van der Waals surface area contributed by atoms with E-state index in [4.69, 9.17) is 17.3 Å². The van der Waals surface area contributed by atoms with Crippen molar-refractivity contribution >= 4 is 17.3 Å². The van der Waals surface area contributed by atoms with E-state index in [0.29, 0.717) is 6.54 Å². The standard InChI is InChI=1S/C18H26ClN3/c1-3-21(4-2)11-12-22-14-15(13-20)5-10-18(22)16-6-8-17(19)9-7-16/h5-10H,3-4,11-14,20H2,1-2H3. The highest BCUT2D eigenvalue weighted by atomic mass is 35.5. The Kier molecular flexibility index (Phi) is 6.49. The molecule has 4 heteroatoms. The Labute approximate surface area is 139 Å². The summed E-state index contributed by atoms with van der Waals surface area (Å²) in [5, 5.41) is 0.771. The minimum absolute atomic E-state index is 0.617. The molecule has 120 valence electrons. The van der Waals surface area contributed by atoms with Crippen LogP contribution in [0.4, 0.5) is 0 Å². The van der Waals surface area contributed by atoms with Gasteiger partial charge in [0.05, 0.1) is 0 Å². The molecule has 22 heavy (non-hydrogen) atoms. The van der Waals surface area contributed by atoms with Crippen LogP contribution in [0.25, 0.3) is 5.70 Å². The van der Waals surface area contributed by atoms with E-state index in [1.165, 1.54) is 16.8 Å². The number of hydrogen-bond donors (Lipinski definition) is 1. The van der Waals surface area contributed by atoms with Gasteiger partial charge in [0.1, 0.15) is 0 Å². The molecule has 2 rings (SSSR count). The molecule has 2 N–H and O–H groups in total. The third-order valence-corrected chi connectivity index (χ3v) is 4.45. The lowest BCUT2D eigenvalue weighted by Gasteiger charge is -2.33. The Morgan fingerprint density at radius 2 is 1.82 bits per heavy atom. The van der Waals surface area contributed by atoms with Crippen LogP contribution in [0.2, 0.25) is 5.02 Å². The number of halogens is 1. The number of benzene rings is 1. The molecule has 1 aliphatic rings. The van der Waals surface area contributed by atoms with Crippen LogP contribution in [0.1, 0.15) is 19.4 Å². The quantitative estimate of drug-likeness (QED) is 0.837. The molecule has 1 aromatic carbocycles. The van der Waals surface area contributed by atoms with Crippen LogP contribution in [0.3, 0.4) is 0 Å². The predicted molar refractivity (Wildman–Crippen MR) is 95.9 cm³/mol. The Morgan fingerprint density at radius 3 is 2.41 bits per heavy atom. The average Bonchev–Trinajstić information content (AvgIpc) is 2.56. The van der Waals surface area contributed by atoms with Crippen molar-refractivity contribution < 1.29 is 0 Å². The molecule has 0 amide bonds. The van der Waals surface area contributed by atoms with E-state index in [2.05, 4.69) is 47.9 Å². The lowest BCUT2D eigenvalue weighted by atomic mass is 10.0. The molecule has 3 nitrogen and oxygen atoms in total. The molecule has 0 saturated heterocycles. The van der Waals surface area contributed by atoms with Crippen molar-refractivity contribution in [3.05, 3.63) is 52.6 Å². The summed E-state index contributed by atoms with van der Waals surface area (Å²) in [7, 11) is 0. The molecule has 0 radical (unpaired) electrons. The zero-order chi connectivity index (χ0) is 15.9. The molecule has 1 aromatic rings. The summed E-state index contributed by atoms with van der Waals surface area (Å²) in [6.45, 7) is 10.2. The summed E-state index contributed by atoms with van der Waals surface area (Å²) in [5.74, 6) is 0. The fourth-order valence-electron chi connectivity index (χ4n) is 2.72.